The Morgan fingerprint density at radius 1 is 1.11 bits per heavy atom. The van der Waals surface area contributed by atoms with Crippen LogP contribution in [0.25, 0.3) is 0 Å². The summed E-state index contributed by atoms with van der Waals surface area (Å²) < 4.78 is 16.5. The van der Waals surface area contributed by atoms with Gasteiger partial charge in [-0.2, -0.15) is 0 Å². The molecule has 0 amide bonds. The van der Waals surface area contributed by atoms with Crippen LogP contribution in [0.1, 0.15) is 57.9 Å². The largest absolute Gasteiger partial charge is 0.461 e. The van der Waals surface area contributed by atoms with E-state index in [4.69, 9.17) is 14.2 Å². The average Bonchev–Trinajstić information content (AvgIpc) is 2.74. The molecule has 3 rings (SSSR count). The highest BCUT2D eigenvalue weighted by molar-refractivity contribution is 5.72. The van der Waals surface area contributed by atoms with Crippen molar-refractivity contribution in [1.82, 2.24) is 5.32 Å². The number of esters is 1. The van der Waals surface area contributed by atoms with E-state index in [1.165, 1.54) is 6.42 Å². The number of carbonyl (C=O) groups excluding carboxylic acids is 1. The molecular formula is C23H37NO4. The summed E-state index contributed by atoms with van der Waals surface area (Å²) >= 11 is 0. The van der Waals surface area contributed by atoms with E-state index in [0.29, 0.717) is 25.3 Å². The SMILES string of the molecule is CCC.COC1COCCC1NC1CCC(C(=O)OCc2ccccc2)CC1. The van der Waals surface area contributed by atoms with E-state index in [-0.39, 0.29) is 18.0 Å². The minimum atomic E-state index is -0.0527. The molecule has 1 aromatic carbocycles. The highest BCUT2D eigenvalue weighted by Crippen LogP contribution is 2.27. The lowest BCUT2D eigenvalue weighted by atomic mass is 9.85. The number of carbonyl (C=O) groups is 1. The Kier molecular flexibility index (Phi) is 10.5. The Morgan fingerprint density at radius 2 is 1.79 bits per heavy atom. The molecule has 1 heterocycles. The first-order valence-corrected chi connectivity index (χ1v) is 10.7. The van der Waals surface area contributed by atoms with Crippen LogP contribution in [-0.4, -0.2) is 44.5 Å². The van der Waals surface area contributed by atoms with Gasteiger partial charge in [0.15, 0.2) is 0 Å². The van der Waals surface area contributed by atoms with Crippen LogP contribution in [0.3, 0.4) is 0 Å². The van der Waals surface area contributed by atoms with Gasteiger partial charge in [-0.3, -0.25) is 4.79 Å². The molecule has 1 N–H and O–H groups in total. The van der Waals surface area contributed by atoms with Crippen LogP contribution in [0.5, 0.6) is 0 Å². The standard InChI is InChI=1S/C20H29NO4.C3H8/c1-23-19-14-24-12-11-18(19)21-17-9-7-16(8-10-17)20(22)25-13-15-5-3-2-4-6-15;1-3-2/h2-6,16-19,21H,7-14H2,1H3;3H2,1-2H3. The highest BCUT2D eigenvalue weighted by atomic mass is 16.5. The molecule has 1 aromatic rings. The third kappa shape index (κ3) is 7.53. The van der Waals surface area contributed by atoms with Crippen LogP contribution in [0.15, 0.2) is 30.3 Å². The summed E-state index contributed by atoms with van der Waals surface area (Å²) in [6, 6.07) is 10.7. The zero-order valence-corrected chi connectivity index (χ0v) is 17.7. The molecule has 2 unspecified atom stereocenters. The van der Waals surface area contributed by atoms with E-state index in [1.807, 2.05) is 30.3 Å². The predicted octanol–water partition coefficient (Wildman–Crippen LogP) is 4.10. The first-order valence-electron chi connectivity index (χ1n) is 10.7. The second-order valence-corrected chi connectivity index (χ2v) is 7.76. The van der Waals surface area contributed by atoms with Gasteiger partial charge in [-0.05, 0) is 37.7 Å². The van der Waals surface area contributed by atoms with Crippen molar-refractivity contribution in [2.24, 2.45) is 5.92 Å². The lowest BCUT2D eigenvalue weighted by Gasteiger charge is -2.36. The minimum Gasteiger partial charge on any atom is -0.461 e. The van der Waals surface area contributed by atoms with Crippen molar-refractivity contribution in [1.29, 1.82) is 0 Å². The number of rotatable bonds is 6. The molecule has 1 aliphatic heterocycles. The zero-order chi connectivity index (χ0) is 20.2. The lowest BCUT2D eigenvalue weighted by Crippen LogP contribution is -2.51. The van der Waals surface area contributed by atoms with Gasteiger partial charge in [0, 0.05) is 25.8 Å². The van der Waals surface area contributed by atoms with Crippen LogP contribution in [0.2, 0.25) is 0 Å². The molecule has 2 atom stereocenters. The first kappa shape index (κ1) is 22.9. The molecule has 2 fully saturated rings. The predicted molar refractivity (Wildman–Crippen MR) is 111 cm³/mol. The van der Waals surface area contributed by atoms with Gasteiger partial charge in [0.1, 0.15) is 6.61 Å². The van der Waals surface area contributed by atoms with E-state index in [1.54, 1.807) is 7.11 Å². The normalized spacial score (nSPS) is 27.4. The van der Waals surface area contributed by atoms with E-state index < -0.39 is 0 Å². The number of ether oxygens (including phenoxy) is 3. The molecule has 1 aliphatic carbocycles. The number of hydrogen-bond acceptors (Lipinski definition) is 5. The quantitative estimate of drug-likeness (QED) is 0.740. The van der Waals surface area contributed by atoms with Crippen LogP contribution in [0, 0.1) is 5.92 Å². The van der Waals surface area contributed by atoms with Gasteiger partial charge >= 0.3 is 5.97 Å². The fourth-order valence-electron chi connectivity index (χ4n) is 3.78. The van der Waals surface area contributed by atoms with E-state index in [0.717, 1.165) is 44.3 Å². The summed E-state index contributed by atoms with van der Waals surface area (Å²) in [6.45, 7) is 6.07. The number of nitrogens with one attached hydrogen (secondary N) is 1. The van der Waals surface area contributed by atoms with E-state index in [9.17, 15) is 4.79 Å². The maximum atomic E-state index is 12.3. The van der Waals surface area contributed by atoms with Crippen LogP contribution in [0.4, 0.5) is 0 Å². The summed E-state index contributed by atoms with van der Waals surface area (Å²) in [6.07, 6.45) is 6.18. The molecule has 5 heteroatoms. The van der Waals surface area contributed by atoms with Crippen molar-refractivity contribution in [2.75, 3.05) is 20.3 Å². The summed E-state index contributed by atoms with van der Waals surface area (Å²) in [7, 11) is 1.74. The van der Waals surface area contributed by atoms with Gasteiger partial charge in [-0.25, -0.2) is 0 Å². The maximum absolute atomic E-state index is 12.3. The Morgan fingerprint density at radius 3 is 2.43 bits per heavy atom. The molecule has 5 nitrogen and oxygen atoms in total. The maximum Gasteiger partial charge on any atom is 0.309 e. The second kappa shape index (κ2) is 12.9. The van der Waals surface area contributed by atoms with Crippen LogP contribution < -0.4 is 5.32 Å². The fourth-order valence-corrected chi connectivity index (χ4v) is 3.78. The van der Waals surface area contributed by atoms with Gasteiger partial charge < -0.3 is 19.5 Å². The molecule has 1 saturated heterocycles. The van der Waals surface area contributed by atoms with Crippen molar-refractivity contribution in [3.05, 3.63) is 35.9 Å². The third-order valence-corrected chi connectivity index (χ3v) is 5.34. The molecule has 0 aromatic heterocycles. The van der Waals surface area contributed by atoms with Gasteiger partial charge in [0.2, 0.25) is 0 Å². The smallest absolute Gasteiger partial charge is 0.309 e. The molecule has 28 heavy (non-hydrogen) atoms. The molecule has 158 valence electrons. The van der Waals surface area contributed by atoms with E-state index >= 15 is 0 Å². The summed E-state index contributed by atoms with van der Waals surface area (Å²) in [5.74, 6) is -0.0159. The first-order chi connectivity index (χ1) is 13.7. The summed E-state index contributed by atoms with van der Waals surface area (Å²) in [5, 5.41) is 3.72. The number of hydrogen-bond donors (Lipinski definition) is 1. The van der Waals surface area contributed by atoms with Crippen molar-refractivity contribution < 1.29 is 19.0 Å². The lowest BCUT2D eigenvalue weighted by molar-refractivity contribution is -0.151. The molecule has 2 aliphatic rings. The van der Waals surface area contributed by atoms with E-state index in [2.05, 4.69) is 19.2 Å². The summed E-state index contributed by atoms with van der Waals surface area (Å²) in [5.41, 5.74) is 1.04. The molecule has 0 bridgehead atoms. The van der Waals surface area contributed by atoms with Gasteiger partial charge in [0.25, 0.3) is 0 Å². The second-order valence-electron chi connectivity index (χ2n) is 7.76. The van der Waals surface area contributed by atoms with Gasteiger partial charge in [-0.15, -0.1) is 0 Å². The van der Waals surface area contributed by atoms with Crippen molar-refractivity contribution in [3.63, 3.8) is 0 Å². The highest BCUT2D eigenvalue weighted by Gasteiger charge is 2.31. The monoisotopic (exact) mass is 391 g/mol. The Balaban J connectivity index is 0.000000878. The molecule has 0 radical (unpaired) electrons. The Labute approximate surface area is 170 Å². The molecular weight excluding hydrogens is 354 g/mol. The minimum absolute atomic E-state index is 0.0367. The van der Waals surface area contributed by atoms with Crippen LogP contribution >= 0.6 is 0 Å². The number of methoxy groups -OCH3 is 1. The van der Waals surface area contributed by atoms with Crippen molar-refractivity contribution >= 4 is 5.97 Å². The van der Waals surface area contributed by atoms with Gasteiger partial charge in [0.05, 0.1) is 18.6 Å². The average molecular weight is 392 g/mol. The number of benzene rings is 1. The van der Waals surface area contributed by atoms with Crippen LogP contribution in [-0.2, 0) is 25.6 Å². The molecule has 1 saturated carbocycles. The van der Waals surface area contributed by atoms with Crippen molar-refractivity contribution in [3.8, 4) is 0 Å². The summed E-state index contributed by atoms with van der Waals surface area (Å²) in [4.78, 5) is 12.3. The molecule has 0 spiro atoms. The van der Waals surface area contributed by atoms with Gasteiger partial charge in [-0.1, -0.05) is 50.6 Å². The fraction of sp³-hybridized carbons (Fsp3) is 0.696. The topological polar surface area (TPSA) is 56.8 Å². The third-order valence-electron chi connectivity index (χ3n) is 5.34. The van der Waals surface area contributed by atoms with Crippen molar-refractivity contribution in [2.45, 2.75) is 77.2 Å². The zero-order valence-electron chi connectivity index (χ0n) is 17.7. The Hall–Kier alpha value is -1.43. The Bertz CT molecular complexity index is 543.